The zero-order valence-corrected chi connectivity index (χ0v) is 7.40. The SMILES string of the molecule is Cc1nnc2n1CCC(C(=O)O)C2. The summed E-state index contributed by atoms with van der Waals surface area (Å²) in [7, 11) is 0. The van der Waals surface area contributed by atoms with Gasteiger partial charge in [-0.1, -0.05) is 0 Å². The van der Waals surface area contributed by atoms with Crippen molar-refractivity contribution in [2.75, 3.05) is 0 Å². The lowest BCUT2D eigenvalue weighted by molar-refractivity contribution is -0.142. The molecule has 5 nitrogen and oxygen atoms in total. The summed E-state index contributed by atoms with van der Waals surface area (Å²) in [5, 5.41) is 16.7. The van der Waals surface area contributed by atoms with Crippen LogP contribution in [0.2, 0.25) is 0 Å². The first-order chi connectivity index (χ1) is 6.18. The Morgan fingerprint density at radius 1 is 1.62 bits per heavy atom. The molecule has 13 heavy (non-hydrogen) atoms. The van der Waals surface area contributed by atoms with E-state index in [2.05, 4.69) is 10.2 Å². The van der Waals surface area contributed by atoms with Gasteiger partial charge in [-0.05, 0) is 13.3 Å². The molecule has 0 fully saturated rings. The minimum atomic E-state index is -0.730. The van der Waals surface area contributed by atoms with Crippen molar-refractivity contribution < 1.29 is 9.90 Å². The predicted molar refractivity (Wildman–Crippen MR) is 44.2 cm³/mol. The third kappa shape index (κ3) is 1.30. The molecule has 1 aliphatic heterocycles. The molecule has 2 rings (SSSR count). The van der Waals surface area contributed by atoms with Crippen molar-refractivity contribution in [3.63, 3.8) is 0 Å². The quantitative estimate of drug-likeness (QED) is 0.673. The third-order valence-corrected chi connectivity index (χ3v) is 2.49. The zero-order chi connectivity index (χ0) is 9.42. The Morgan fingerprint density at radius 3 is 3.08 bits per heavy atom. The fourth-order valence-corrected chi connectivity index (χ4v) is 1.68. The molecule has 0 radical (unpaired) electrons. The van der Waals surface area contributed by atoms with E-state index in [0.717, 1.165) is 18.2 Å². The Labute approximate surface area is 75.4 Å². The summed E-state index contributed by atoms with van der Waals surface area (Å²) in [5.74, 6) is 0.665. The van der Waals surface area contributed by atoms with Gasteiger partial charge in [0.15, 0.2) is 0 Å². The second kappa shape index (κ2) is 2.83. The first-order valence-corrected chi connectivity index (χ1v) is 4.30. The van der Waals surface area contributed by atoms with Gasteiger partial charge in [-0.25, -0.2) is 0 Å². The Kier molecular flexibility index (Phi) is 1.79. The first kappa shape index (κ1) is 8.22. The summed E-state index contributed by atoms with van der Waals surface area (Å²) in [4.78, 5) is 10.7. The van der Waals surface area contributed by atoms with Crippen LogP contribution in [0, 0.1) is 12.8 Å². The number of hydrogen-bond acceptors (Lipinski definition) is 3. The van der Waals surface area contributed by atoms with Crippen LogP contribution < -0.4 is 0 Å². The maximum Gasteiger partial charge on any atom is 0.307 e. The van der Waals surface area contributed by atoms with Crippen LogP contribution in [0.5, 0.6) is 0 Å². The lowest BCUT2D eigenvalue weighted by atomic mass is 9.98. The highest BCUT2D eigenvalue weighted by molar-refractivity contribution is 5.70. The van der Waals surface area contributed by atoms with Gasteiger partial charge in [-0.15, -0.1) is 10.2 Å². The van der Waals surface area contributed by atoms with E-state index in [1.807, 2.05) is 11.5 Å². The molecule has 1 unspecified atom stereocenters. The molecule has 5 heteroatoms. The van der Waals surface area contributed by atoms with Crippen LogP contribution in [0.25, 0.3) is 0 Å². The lowest BCUT2D eigenvalue weighted by Crippen LogP contribution is -2.26. The van der Waals surface area contributed by atoms with Crippen LogP contribution in [0.1, 0.15) is 18.1 Å². The molecule has 70 valence electrons. The average Bonchev–Trinajstić information content (AvgIpc) is 2.47. The summed E-state index contributed by atoms with van der Waals surface area (Å²) in [5.41, 5.74) is 0. The topological polar surface area (TPSA) is 68.0 Å². The van der Waals surface area contributed by atoms with Crippen molar-refractivity contribution in [2.45, 2.75) is 26.3 Å². The smallest absolute Gasteiger partial charge is 0.307 e. The molecule has 0 aliphatic carbocycles. The average molecular weight is 181 g/mol. The number of aromatic nitrogens is 3. The molecule has 1 aromatic heterocycles. The van der Waals surface area contributed by atoms with Crippen LogP contribution in [0.15, 0.2) is 0 Å². The molecule has 0 saturated carbocycles. The van der Waals surface area contributed by atoms with E-state index >= 15 is 0 Å². The number of fused-ring (bicyclic) bond motifs is 1. The van der Waals surface area contributed by atoms with E-state index in [9.17, 15) is 4.79 Å². The summed E-state index contributed by atoms with van der Waals surface area (Å²) >= 11 is 0. The summed E-state index contributed by atoms with van der Waals surface area (Å²) in [6.45, 7) is 2.61. The van der Waals surface area contributed by atoms with Crippen LogP contribution in [0.4, 0.5) is 0 Å². The van der Waals surface area contributed by atoms with Gasteiger partial charge in [-0.2, -0.15) is 0 Å². The maximum absolute atomic E-state index is 10.7. The zero-order valence-electron chi connectivity index (χ0n) is 7.40. The number of nitrogens with zero attached hydrogens (tertiary/aromatic N) is 3. The number of aliphatic carboxylic acids is 1. The van der Waals surface area contributed by atoms with Gasteiger partial charge in [0, 0.05) is 13.0 Å². The molecular formula is C8H11N3O2. The fourth-order valence-electron chi connectivity index (χ4n) is 1.68. The molecule has 0 amide bonds. The second-order valence-corrected chi connectivity index (χ2v) is 3.34. The molecule has 1 N–H and O–H groups in total. The largest absolute Gasteiger partial charge is 0.481 e. The molecule has 1 atom stereocenters. The van der Waals surface area contributed by atoms with Crippen molar-refractivity contribution in [3.05, 3.63) is 11.6 Å². The van der Waals surface area contributed by atoms with Gasteiger partial charge in [0.25, 0.3) is 0 Å². The van der Waals surface area contributed by atoms with Gasteiger partial charge in [0.05, 0.1) is 5.92 Å². The fraction of sp³-hybridized carbons (Fsp3) is 0.625. The van der Waals surface area contributed by atoms with E-state index in [1.165, 1.54) is 0 Å². The number of carboxylic acids is 1. The number of rotatable bonds is 1. The minimum absolute atomic E-state index is 0.281. The first-order valence-electron chi connectivity index (χ1n) is 4.30. The molecule has 0 aromatic carbocycles. The Hall–Kier alpha value is -1.39. The maximum atomic E-state index is 10.7. The lowest BCUT2D eigenvalue weighted by Gasteiger charge is -2.19. The number of carbonyl (C=O) groups is 1. The highest BCUT2D eigenvalue weighted by Gasteiger charge is 2.26. The Bertz CT molecular complexity index is 345. The normalized spacial score (nSPS) is 21.2. The van der Waals surface area contributed by atoms with Gasteiger partial charge in [-0.3, -0.25) is 4.79 Å². The van der Waals surface area contributed by atoms with Crippen LogP contribution in [-0.2, 0) is 17.8 Å². The van der Waals surface area contributed by atoms with Gasteiger partial charge in [0.1, 0.15) is 11.6 Å². The van der Waals surface area contributed by atoms with Crippen molar-refractivity contribution in [1.29, 1.82) is 0 Å². The minimum Gasteiger partial charge on any atom is -0.481 e. The van der Waals surface area contributed by atoms with Crippen molar-refractivity contribution in [2.24, 2.45) is 5.92 Å². The highest BCUT2D eigenvalue weighted by Crippen LogP contribution is 2.19. The van der Waals surface area contributed by atoms with E-state index in [1.54, 1.807) is 0 Å². The van der Waals surface area contributed by atoms with Crippen LogP contribution in [0.3, 0.4) is 0 Å². The van der Waals surface area contributed by atoms with E-state index in [4.69, 9.17) is 5.11 Å². The molecule has 0 bridgehead atoms. The molecular weight excluding hydrogens is 170 g/mol. The molecule has 1 aromatic rings. The van der Waals surface area contributed by atoms with Crippen molar-refractivity contribution in [1.82, 2.24) is 14.8 Å². The predicted octanol–water partition coefficient (Wildman–Crippen LogP) is 0.234. The van der Waals surface area contributed by atoms with E-state index in [-0.39, 0.29) is 5.92 Å². The summed E-state index contributed by atoms with van der Waals surface area (Å²) < 4.78 is 1.99. The second-order valence-electron chi connectivity index (χ2n) is 3.34. The number of aryl methyl sites for hydroxylation is 1. The van der Waals surface area contributed by atoms with Gasteiger partial charge >= 0.3 is 5.97 Å². The molecule has 1 aliphatic rings. The summed E-state index contributed by atoms with van der Waals surface area (Å²) in [6.07, 6.45) is 1.19. The Morgan fingerprint density at radius 2 is 2.38 bits per heavy atom. The van der Waals surface area contributed by atoms with E-state index < -0.39 is 5.97 Å². The Balaban J connectivity index is 2.25. The van der Waals surface area contributed by atoms with Crippen molar-refractivity contribution >= 4 is 5.97 Å². The van der Waals surface area contributed by atoms with Crippen LogP contribution in [-0.4, -0.2) is 25.8 Å². The summed E-state index contributed by atoms with van der Waals surface area (Å²) in [6, 6.07) is 0. The molecule has 2 heterocycles. The highest BCUT2D eigenvalue weighted by atomic mass is 16.4. The monoisotopic (exact) mass is 181 g/mol. The third-order valence-electron chi connectivity index (χ3n) is 2.49. The van der Waals surface area contributed by atoms with Crippen molar-refractivity contribution in [3.8, 4) is 0 Å². The van der Waals surface area contributed by atoms with Gasteiger partial charge in [0.2, 0.25) is 0 Å². The molecule has 0 spiro atoms. The van der Waals surface area contributed by atoms with Gasteiger partial charge < -0.3 is 9.67 Å². The van der Waals surface area contributed by atoms with Crippen LogP contribution >= 0.6 is 0 Å². The standard InChI is InChI=1S/C8H11N3O2/c1-5-9-10-7-4-6(8(12)13)2-3-11(5)7/h6H,2-4H2,1H3,(H,12,13). The van der Waals surface area contributed by atoms with E-state index in [0.29, 0.717) is 12.8 Å². The molecule has 0 saturated heterocycles. The number of hydrogen-bond donors (Lipinski definition) is 1. The number of carboxylic acid groups (broad SMARTS) is 1.